The lowest BCUT2D eigenvalue weighted by molar-refractivity contribution is -0.138. The normalized spacial score (nSPS) is 23.5. The zero-order valence-electron chi connectivity index (χ0n) is 12.3. The van der Waals surface area contributed by atoms with Gasteiger partial charge in [-0.2, -0.15) is 0 Å². The Bertz CT molecular complexity index is 858. The highest BCUT2D eigenvalue weighted by molar-refractivity contribution is 7.92. The van der Waals surface area contributed by atoms with Crippen LogP contribution in [0, 0.1) is 12.8 Å². The van der Waals surface area contributed by atoms with Crippen LogP contribution in [0.3, 0.4) is 0 Å². The van der Waals surface area contributed by atoms with Gasteiger partial charge in [-0.1, -0.05) is 41.4 Å². The smallest absolute Gasteiger partial charge is 0.308 e. The average molecular weight is 351 g/mol. The summed E-state index contributed by atoms with van der Waals surface area (Å²) in [6.07, 6.45) is 0. The van der Waals surface area contributed by atoms with Crippen LogP contribution in [0.15, 0.2) is 53.4 Å². The third kappa shape index (κ3) is 2.86. The number of carboxylic acids is 1. The van der Waals surface area contributed by atoms with E-state index in [0.717, 1.165) is 5.56 Å². The summed E-state index contributed by atoms with van der Waals surface area (Å²) in [5, 5.41) is 8.89. The van der Waals surface area contributed by atoms with Gasteiger partial charge in [-0.3, -0.25) is 4.79 Å². The Morgan fingerprint density at radius 1 is 1.13 bits per heavy atom. The first-order valence-corrected chi connectivity index (χ1v) is 9.03. The lowest BCUT2D eigenvalue weighted by Gasteiger charge is -2.05. The number of hydrogen-bond acceptors (Lipinski definition) is 3. The minimum atomic E-state index is -3.71. The van der Waals surface area contributed by atoms with Crippen molar-refractivity contribution in [3.8, 4) is 0 Å². The molecule has 2 aromatic carbocycles. The van der Waals surface area contributed by atoms with E-state index < -0.39 is 32.9 Å². The van der Waals surface area contributed by atoms with Gasteiger partial charge in [0.25, 0.3) is 0 Å². The van der Waals surface area contributed by atoms with E-state index in [1.807, 2.05) is 6.92 Å². The number of hydrogen-bond donors (Lipinski definition) is 1. The van der Waals surface area contributed by atoms with E-state index in [2.05, 4.69) is 0 Å². The van der Waals surface area contributed by atoms with E-state index in [1.54, 1.807) is 36.4 Å². The minimum Gasteiger partial charge on any atom is -0.481 e. The van der Waals surface area contributed by atoms with Gasteiger partial charge in [0.05, 0.1) is 16.1 Å². The molecular formula is C17H15ClO4S. The van der Waals surface area contributed by atoms with Crippen molar-refractivity contribution in [2.75, 3.05) is 0 Å². The molecule has 2 aromatic rings. The number of carboxylic acid groups (broad SMARTS) is 1. The minimum absolute atomic E-state index is 0.156. The van der Waals surface area contributed by atoms with Gasteiger partial charge >= 0.3 is 5.97 Å². The first-order valence-electron chi connectivity index (χ1n) is 7.11. The number of carbonyl (C=O) groups is 1. The standard InChI is InChI=1S/C17H15ClO4S/c1-10-5-7-13(8-6-10)23(21,22)16-14(15(16)17(19)20)11-3-2-4-12(18)9-11/h2-9,14-16H,1H3,(H,19,20)/t14-,15-,16+/m0/s1. The molecule has 3 rings (SSSR count). The highest BCUT2D eigenvalue weighted by atomic mass is 35.5. The fourth-order valence-electron chi connectivity index (χ4n) is 2.96. The van der Waals surface area contributed by atoms with Crippen LogP contribution in [-0.4, -0.2) is 24.7 Å². The molecule has 0 aliphatic heterocycles. The second-order valence-electron chi connectivity index (χ2n) is 5.77. The second kappa shape index (κ2) is 5.65. The number of aryl methyl sites for hydroxylation is 1. The summed E-state index contributed by atoms with van der Waals surface area (Å²) in [6.45, 7) is 1.86. The van der Waals surface area contributed by atoms with Crippen LogP contribution in [0.4, 0.5) is 0 Å². The predicted octanol–water partition coefficient (Wildman–Crippen LogP) is 3.29. The maximum atomic E-state index is 12.8. The van der Waals surface area contributed by atoms with Crippen molar-refractivity contribution < 1.29 is 18.3 Å². The highest BCUT2D eigenvalue weighted by Crippen LogP contribution is 2.54. The topological polar surface area (TPSA) is 71.4 Å². The van der Waals surface area contributed by atoms with Crippen molar-refractivity contribution in [3.05, 3.63) is 64.7 Å². The van der Waals surface area contributed by atoms with E-state index in [9.17, 15) is 18.3 Å². The van der Waals surface area contributed by atoms with Gasteiger partial charge in [0.15, 0.2) is 9.84 Å². The zero-order valence-corrected chi connectivity index (χ0v) is 13.9. The van der Waals surface area contributed by atoms with Crippen LogP contribution in [0.1, 0.15) is 17.0 Å². The van der Waals surface area contributed by atoms with Crippen LogP contribution in [0.25, 0.3) is 0 Å². The summed E-state index contributed by atoms with van der Waals surface area (Å²) in [4.78, 5) is 11.6. The van der Waals surface area contributed by atoms with Crippen molar-refractivity contribution in [2.24, 2.45) is 5.92 Å². The van der Waals surface area contributed by atoms with Crippen LogP contribution < -0.4 is 0 Å². The molecule has 23 heavy (non-hydrogen) atoms. The Hall–Kier alpha value is -1.85. The molecule has 1 saturated carbocycles. The average Bonchev–Trinajstić information content (AvgIpc) is 3.24. The lowest BCUT2D eigenvalue weighted by atomic mass is 10.1. The number of benzene rings is 2. The molecule has 4 nitrogen and oxygen atoms in total. The van der Waals surface area contributed by atoms with E-state index >= 15 is 0 Å². The van der Waals surface area contributed by atoms with Crippen LogP contribution in [0.5, 0.6) is 0 Å². The largest absolute Gasteiger partial charge is 0.481 e. The van der Waals surface area contributed by atoms with E-state index in [4.69, 9.17) is 11.6 Å². The molecule has 120 valence electrons. The first-order chi connectivity index (χ1) is 10.8. The molecule has 0 radical (unpaired) electrons. The lowest BCUT2D eigenvalue weighted by Crippen LogP contribution is -2.13. The van der Waals surface area contributed by atoms with Gasteiger partial charge in [-0.25, -0.2) is 8.42 Å². The van der Waals surface area contributed by atoms with Gasteiger partial charge in [0.1, 0.15) is 0 Å². The van der Waals surface area contributed by atoms with E-state index in [0.29, 0.717) is 10.6 Å². The predicted molar refractivity (Wildman–Crippen MR) is 87.5 cm³/mol. The van der Waals surface area contributed by atoms with Gasteiger partial charge in [0, 0.05) is 10.9 Å². The Morgan fingerprint density at radius 2 is 1.78 bits per heavy atom. The summed E-state index contributed by atoms with van der Waals surface area (Å²) in [5.74, 6) is -2.62. The van der Waals surface area contributed by atoms with Crippen molar-refractivity contribution in [3.63, 3.8) is 0 Å². The molecule has 0 unspecified atom stereocenters. The molecule has 0 saturated heterocycles. The molecule has 0 spiro atoms. The van der Waals surface area contributed by atoms with Gasteiger partial charge < -0.3 is 5.11 Å². The summed E-state index contributed by atoms with van der Waals surface area (Å²) in [7, 11) is -3.71. The molecule has 1 aliphatic carbocycles. The van der Waals surface area contributed by atoms with Crippen molar-refractivity contribution in [1.82, 2.24) is 0 Å². The first kappa shape index (κ1) is 16.0. The zero-order chi connectivity index (χ0) is 16.8. The molecule has 0 aromatic heterocycles. The SMILES string of the molecule is Cc1ccc(S(=O)(=O)[C@H]2[C@@H](C(=O)O)[C@@H]2c2cccc(Cl)c2)cc1. The fourth-order valence-corrected chi connectivity index (χ4v) is 5.28. The van der Waals surface area contributed by atoms with Gasteiger partial charge in [-0.15, -0.1) is 0 Å². The summed E-state index contributed by atoms with van der Waals surface area (Å²) in [6, 6.07) is 13.2. The van der Waals surface area contributed by atoms with Crippen molar-refractivity contribution >= 4 is 27.4 Å². The van der Waals surface area contributed by atoms with Gasteiger partial charge in [-0.05, 0) is 36.8 Å². The summed E-state index contributed by atoms with van der Waals surface area (Å²) >= 11 is 5.94. The van der Waals surface area contributed by atoms with Crippen LogP contribution in [-0.2, 0) is 14.6 Å². The molecule has 0 amide bonds. The van der Waals surface area contributed by atoms with E-state index in [1.165, 1.54) is 12.1 Å². The molecule has 6 heteroatoms. The number of halogens is 1. The third-order valence-electron chi connectivity index (χ3n) is 4.18. The quantitative estimate of drug-likeness (QED) is 0.918. The van der Waals surface area contributed by atoms with Crippen molar-refractivity contribution in [2.45, 2.75) is 23.0 Å². The molecular weight excluding hydrogens is 336 g/mol. The molecule has 3 atom stereocenters. The Morgan fingerprint density at radius 3 is 2.35 bits per heavy atom. The van der Waals surface area contributed by atoms with Crippen LogP contribution in [0.2, 0.25) is 5.02 Å². The molecule has 1 aliphatic rings. The number of sulfone groups is 1. The fraction of sp³-hybridized carbons (Fsp3) is 0.235. The number of rotatable bonds is 4. The Kier molecular flexibility index (Phi) is 3.94. The highest BCUT2D eigenvalue weighted by Gasteiger charge is 2.63. The van der Waals surface area contributed by atoms with Gasteiger partial charge in [0.2, 0.25) is 0 Å². The van der Waals surface area contributed by atoms with E-state index in [-0.39, 0.29) is 4.90 Å². The Balaban J connectivity index is 2.00. The van der Waals surface area contributed by atoms with Crippen molar-refractivity contribution in [1.29, 1.82) is 0 Å². The molecule has 0 bridgehead atoms. The monoisotopic (exact) mass is 350 g/mol. The second-order valence-corrected chi connectivity index (χ2v) is 8.31. The third-order valence-corrected chi connectivity index (χ3v) is 6.65. The number of aliphatic carboxylic acids is 1. The molecule has 1 fully saturated rings. The maximum Gasteiger partial charge on any atom is 0.308 e. The summed E-state index contributed by atoms with van der Waals surface area (Å²) in [5.41, 5.74) is 1.59. The van der Waals surface area contributed by atoms with Crippen LogP contribution >= 0.6 is 11.6 Å². The Labute approximate surface area is 139 Å². The molecule has 0 heterocycles. The molecule has 1 N–H and O–H groups in total. The maximum absolute atomic E-state index is 12.8. The summed E-state index contributed by atoms with van der Waals surface area (Å²) < 4.78 is 25.6.